The van der Waals surface area contributed by atoms with Crippen molar-refractivity contribution in [1.29, 1.82) is 0 Å². The number of amides is 2. The van der Waals surface area contributed by atoms with E-state index in [2.05, 4.69) is 5.32 Å². The van der Waals surface area contributed by atoms with E-state index in [1.807, 2.05) is 31.2 Å². The summed E-state index contributed by atoms with van der Waals surface area (Å²) >= 11 is 0. The monoisotopic (exact) mass is 348 g/mol. The molecule has 0 bridgehead atoms. The van der Waals surface area contributed by atoms with Gasteiger partial charge in [-0.15, -0.1) is 0 Å². The SMILES string of the molecule is Cc1ccc(C2(C(=O)NC(CCC(=O)NO)C(=O)O)CCCC2)cc1. The van der Waals surface area contributed by atoms with Gasteiger partial charge in [0, 0.05) is 6.42 Å². The number of benzene rings is 1. The zero-order valence-corrected chi connectivity index (χ0v) is 14.2. The summed E-state index contributed by atoms with van der Waals surface area (Å²) in [6.07, 6.45) is 2.89. The van der Waals surface area contributed by atoms with Crippen LogP contribution in [0, 0.1) is 6.92 Å². The standard InChI is InChI=1S/C18H24N2O5/c1-12-4-6-13(7-5-12)18(10-2-3-11-18)17(24)19-14(16(22)23)8-9-15(21)20-25/h4-7,14,25H,2-3,8-11H2,1H3,(H,19,24)(H,20,21)(H,22,23). The fourth-order valence-corrected chi connectivity index (χ4v) is 3.38. The molecule has 4 N–H and O–H groups in total. The van der Waals surface area contributed by atoms with Crippen molar-refractivity contribution in [3.8, 4) is 0 Å². The summed E-state index contributed by atoms with van der Waals surface area (Å²) in [6, 6.07) is 6.57. The number of carboxylic acid groups (broad SMARTS) is 1. The zero-order valence-electron chi connectivity index (χ0n) is 14.2. The summed E-state index contributed by atoms with van der Waals surface area (Å²) in [5.41, 5.74) is 2.73. The molecule has 0 heterocycles. The molecule has 1 aliphatic rings. The summed E-state index contributed by atoms with van der Waals surface area (Å²) in [7, 11) is 0. The maximum atomic E-state index is 13.0. The number of rotatable bonds is 7. The van der Waals surface area contributed by atoms with Crippen LogP contribution in [0.1, 0.15) is 49.7 Å². The highest BCUT2D eigenvalue weighted by Gasteiger charge is 2.43. The first-order valence-electron chi connectivity index (χ1n) is 8.43. The minimum atomic E-state index is -1.20. The van der Waals surface area contributed by atoms with Crippen LogP contribution in [0.15, 0.2) is 24.3 Å². The minimum Gasteiger partial charge on any atom is -0.480 e. The van der Waals surface area contributed by atoms with Gasteiger partial charge in [-0.05, 0) is 31.7 Å². The molecule has 2 amide bonds. The molecule has 1 saturated carbocycles. The third kappa shape index (κ3) is 4.36. The molecule has 0 radical (unpaired) electrons. The van der Waals surface area contributed by atoms with Crippen LogP contribution in [0.4, 0.5) is 0 Å². The Balaban J connectivity index is 2.17. The van der Waals surface area contributed by atoms with E-state index in [9.17, 15) is 19.5 Å². The molecule has 1 unspecified atom stereocenters. The van der Waals surface area contributed by atoms with Crippen molar-refractivity contribution in [2.45, 2.75) is 56.9 Å². The molecule has 25 heavy (non-hydrogen) atoms. The van der Waals surface area contributed by atoms with E-state index in [4.69, 9.17) is 5.21 Å². The van der Waals surface area contributed by atoms with E-state index < -0.39 is 23.3 Å². The van der Waals surface area contributed by atoms with Crippen molar-refractivity contribution >= 4 is 17.8 Å². The van der Waals surface area contributed by atoms with E-state index in [0.717, 1.165) is 24.0 Å². The van der Waals surface area contributed by atoms with E-state index >= 15 is 0 Å². The van der Waals surface area contributed by atoms with Gasteiger partial charge in [-0.3, -0.25) is 14.8 Å². The predicted molar refractivity (Wildman–Crippen MR) is 90.1 cm³/mol. The largest absolute Gasteiger partial charge is 0.480 e. The van der Waals surface area contributed by atoms with Gasteiger partial charge in [-0.1, -0.05) is 42.7 Å². The fourth-order valence-electron chi connectivity index (χ4n) is 3.38. The quantitative estimate of drug-likeness (QED) is 0.442. The Hall–Kier alpha value is -2.41. The van der Waals surface area contributed by atoms with Crippen LogP contribution in [0.3, 0.4) is 0 Å². The molecule has 136 valence electrons. The Morgan fingerprint density at radius 2 is 1.76 bits per heavy atom. The predicted octanol–water partition coefficient (Wildman–Crippen LogP) is 1.66. The summed E-state index contributed by atoms with van der Waals surface area (Å²) in [6.45, 7) is 1.97. The Morgan fingerprint density at radius 1 is 1.16 bits per heavy atom. The van der Waals surface area contributed by atoms with Gasteiger partial charge in [0.05, 0.1) is 5.41 Å². The molecule has 1 aromatic rings. The summed E-state index contributed by atoms with van der Waals surface area (Å²) in [5.74, 6) is -2.20. The Kier molecular flexibility index (Phi) is 6.14. The average Bonchev–Trinajstić information content (AvgIpc) is 3.09. The highest BCUT2D eigenvalue weighted by atomic mass is 16.5. The first-order valence-corrected chi connectivity index (χ1v) is 8.43. The van der Waals surface area contributed by atoms with Crippen LogP contribution in [0.25, 0.3) is 0 Å². The number of aliphatic carboxylic acids is 1. The second-order valence-electron chi connectivity index (χ2n) is 6.59. The van der Waals surface area contributed by atoms with Crippen molar-refractivity contribution in [2.75, 3.05) is 0 Å². The Morgan fingerprint density at radius 3 is 2.28 bits per heavy atom. The zero-order chi connectivity index (χ0) is 18.4. The minimum absolute atomic E-state index is 0.0859. The van der Waals surface area contributed by atoms with E-state index in [1.54, 1.807) is 0 Å². The molecule has 0 aliphatic heterocycles. The number of hydroxylamine groups is 1. The molecule has 0 spiro atoms. The third-order valence-electron chi connectivity index (χ3n) is 4.88. The van der Waals surface area contributed by atoms with Crippen LogP contribution in [0.5, 0.6) is 0 Å². The van der Waals surface area contributed by atoms with Gasteiger partial charge in [0.25, 0.3) is 0 Å². The lowest BCUT2D eigenvalue weighted by Gasteiger charge is -2.30. The van der Waals surface area contributed by atoms with Crippen molar-refractivity contribution in [1.82, 2.24) is 10.8 Å². The second-order valence-corrected chi connectivity index (χ2v) is 6.59. The summed E-state index contributed by atoms with van der Waals surface area (Å²) in [5, 5.41) is 20.4. The number of nitrogens with one attached hydrogen (secondary N) is 2. The highest BCUT2D eigenvalue weighted by Crippen LogP contribution is 2.41. The van der Waals surface area contributed by atoms with Crippen molar-refractivity contribution < 1.29 is 24.7 Å². The number of carbonyl (C=O) groups is 3. The second kappa shape index (κ2) is 8.11. The molecular weight excluding hydrogens is 324 g/mol. The van der Waals surface area contributed by atoms with Crippen LogP contribution >= 0.6 is 0 Å². The van der Waals surface area contributed by atoms with Crippen molar-refractivity contribution in [2.24, 2.45) is 0 Å². The molecule has 1 fully saturated rings. The number of hydrogen-bond donors (Lipinski definition) is 4. The normalized spacial score (nSPS) is 16.9. The van der Waals surface area contributed by atoms with Crippen molar-refractivity contribution in [3.63, 3.8) is 0 Å². The van der Waals surface area contributed by atoms with Gasteiger partial charge in [0.15, 0.2) is 0 Å². The maximum Gasteiger partial charge on any atom is 0.326 e. The van der Waals surface area contributed by atoms with Gasteiger partial charge in [-0.25, -0.2) is 10.3 Å². The van der Waals surface area contributed by atoms with Gasteiger partial charge >= 0.3 is 5.97 Å². The first kappa shape index (κ1) is 18.9. The van der Waals surface area contributed by atoms with Crippen LogP contribution in [-0.2, 0) is 19.8 Å². The number of hydrogen-bond acceptors (Lipinski definition) is 4. The Labute approximate surface area is 146 Å². The lowest BCUT2D eigenvalue weighted by atomic mass is 9.77. The number of aryl methyl sites for hydroxylation is 1. The number of carboxylic acids is 1. The van der Waals surface area contributed by atoms with Crippen LogP contribution in [0.2, 0.25) is 0 Å². The van der Waals surface area contributed by atoms with Gasteiger partial charge in [0.1, 0.15) is 6.04 Å². The molecule has 1 aromatic carbocycles. The number of carbonyl (C=O) groups excluding carboxylic acids is 2. The third-order valence-corrected chi connectivity index (χ3v) is 4.88. The van der Waals surface area contributed by atoms with Crippen LogP contribution < -0.4 is 10.8 Å². The van der Waals surface area contributed by atoms with E-state index in [1.165, 1.54) is 5.48 Å². The van der Waals surface area contributed by atoms with E-state index in [0.29, 0.717) is 12.8 Å². The molecule has 2 rings (SSSR count). The Bertz CT molecular complexity index is 635. The summed E-state index contributed by atoms with van der Waals surface area (Å²) < 4.78 is 0. The molecule has 7 heteroatoms. The van der Waals surface area contributed by atoms with Crippen LogP contribution in [-0.4, -0.2) is 34.1 Å². The lowest BCUT2D eigenvalue weighted by molar-refractivity contribution is -0.143. The van der Waals surface area contributed by atoms with Gasteiger partial charge in [0.2, 0.25) is 11.8 Å². The molecule has 1 aliphatic carbocycles. The average molecular weight is 348 g/mol. The van der Waals surface area contributed by atoms with Crippen molar-refractivity contribution in [3.05, 3.63) is 35.4 Å². The lowest BCUT2D eigenvalue weighted by Crippen LogP contribution is -2.50. The highest BCUT2D eigenvalue weighted by molar-refractivity contribution is 5.92. The molecule has 0 aromatic heterocycles. The molecular formula is C18H24N2O5. The summed E-state index contributed by atoms with van der Waals surface area (Å²) in [4.78, 5) is 35.5. The first-order chi connectivity index (χ1) is 11.9. The van der Waals surface area contributed by atoms with Gasteiger partial charge < -0.3 is 10.4 Å². The molecule has 0 saturated heterocycles. The fraction of sp³-hybridized carbons (Fsp3) is 0.500. The van der Waals surface area contributed by atoms with E-state index in [-0.39, 0.29) is 18.7 Å². The maximum absolute atomic E-state index is 13.0. The molecule has 7 nitrogen and oxygen atoms in total. The molecule has 1 atom stereocenters. The van der Waals surface area contributed by atoms with Gasteiger partial charge in [-0.2, -0.15) is 0 Å². The topological polar surface area (TPSA) is 116 Å². The smallest absolute Gasteiger partial charge is 0.326 e.